The number of hydrogen-bond donors (Lipinski definition) is 4. The van der Waals surface area contributed by atoms with Crippen LogP contribution >= 0.6 is 11.6 Å². The summed E-state index contributed by atoms with van der Waals surface area (Å²) in [6, 6.07) is 8.60. The van der Waals surface area contributed by atoms with E-state index < -0.39 is 0 Å². The highest BCUT2D eigenvalue weighted by Gasteiger charge is 2.04. The van der Waals surface area contributed by atoms with Crippen molar-refractivity contribution in [3.63, 3.8) is 0 Å². The van der Waals surface area contributed by atoms with Crippen molar-refractivity contribution < 1.29 is 4.79 Å². The molecule has 0 saturated carbocycles. The van der Waals surface area contributed by atoms with Crippen molar-refractivity contribution in [2.45, 2.75) is 13.8 Å². The van der Waals surface area contributed by atoms with E-state index in [1.807, 2.05) is 26.0 Å². The first-order chi connectivity index (χ1) is 11.6. The molecule has 0 atom stereocenters. The van der Waals surface area contributed by atoms with Gasteiger partial charge in [-0.2, -0.15) is 0 Å². The molecular weight excluding hydrogens is 328 g/mol. The van der Waals surface area contributed by atoms with Crippen LogP contribution in [0, 0.1) is 6.92 Å². The SMILES string of the molecule is CCNc1cc(NCCNC(=O)Nc2ccccc2Cl)nc(C)n1. The zero-order chi connectivity index (χ0) is 17.4. The minimum Gasteiger partial charge on any atom is -0.370 e. The van der Waals surface area contributed by atoms with Gasteiger partial charge in [0.05, 0.1) is 10.7 Å². The lowest BCUT2D eigenvalue weighted by atomic mass is 10.3. The van der Waals surface area contributed by atoms with E-state index >= 15 is 0 Å². The number of carbonyl (C=O) groups excluding carboxylic acids is 1. The summed E-state index contributed by atoms with van der Waals surface area (Å²) in [5, 5.41) is 12.3. The van der Waals surface area contributed by atoms with Gasteiger partial charge in [-0.05, 0) is 26.0 Å². The number of urea groups is 1. The smallest absolute Gasteiger partial charge is 0.319 e. The average Bonchev–Trinajstić information content (AvgIpc) is 2.54. The largest absolute Gasteiger partial charge is 0.370 e. The molecule has 0 saturated heterocycles. The molecule has 128 valence electrons. The summed E-state index contributed by atoms with van der Waals surface area (Å²) in [6.45, 7) is 5.61. The maximum absolute atomic E-state index is 11.8. The molecule has 0 fully saturated rings. The summed E-state index contributed by atoms with van der Waals surface area (Å²) in [5.74, 6) is 2.17. The first-order valence-corrected chi connectivity index (χ1v) is 8.09. The fourth-order valence-electron chi connectivity index (χ4n) is 2.03. The maximum atomic E-state index is 11.8. The molecule has 2 amide bonds. The van der Waals surface area contributed by atoms with Crippen LogP contribution in [0.15, 0.2) is 30.3 Å². The second-order valence-electron chi connectivity index (χ2n) is 5.00. The Morgan fingerprint density at radius 3 is 2.54 bits per heavy atom. The zero-order valence-corrected chi connectivity index (χ0v) is 14.4. The number of aromatic nitrogens is 2. The van der Waals surface area contributed by atoms with Crippen LogP contribution in [0.4, 0.5) is 22.1 Å². The minimum atomic E-state index is -0.308. The maximum Gasteiger partial charge on any atom is 0.319 e. The summed E-state index contributed by atoms with van der Waals surface area (Å²) in [7, 11) is 0. The number of halogens is 1. The van der Waals surface area contributed by atoms with Gasteiger partial charge in [0.25, 0.3) is 0 Å². The van der Waals surface area contributed by atoms with Gasteiger partial charge in [0.2, 0.25) is 0 Å². The van der Waals surface area contributed by atoms with Crippen LogP contribution < -0.4 is 21.3 Å². The van der Waals surface area contributed by atoms with E-state index in [4.69, 9.17) is 11.6 Å². The highest BCUT2D eigenvalue weighted by molar-refractivity contribution is 6.33. The number of amides is 2. The Morgan fingerprint density at radius 1 is 1.12 bits per heavy atom. The number of nitrogens with zero attached hydrogens (tertiary/aromatic N) is 2. The van der Waals surface area contributed by atoms with Crippen molar-refractivity contribution in [3.05, 3.63) is 41.2 Å². The van der Waals surface area contributed by atoms with E-state index in [0.29, 0.717) is 35.4 Å². The quantitative estimate of drug-likeness (QED) is 0.577. The highest BCUT2D eigenvalue weighted by atomic mass is 35.5. The Kier molecular flexibility index (Phi) is 6.62. The Labute approximate surface area is 146 Å². The van der Waals surface area contributed by atoms with Gasteiger partial charge in [0, 0.05) is 25.7 Å². The van der Waals surface area contributed by atoms with Gasteiger partial charge in [-0.3, -0.25) is 0 Å². The number of carbonyl (C=O) groups is 1. The molecule has 0 bridgehead atoms. The van der Waals surface area contributed by atoms with Crippen LogP contribution in [0.3, 0.4) is 0 Å². The number of rotatable bonds is 7. The molecule has 24 heavy (non-hydrogen) atoms. The van der Waals surface area contributed by atoms with Crippen molar-refractivity contribution in [2.24, 2.45) is 0 Å². The second-order valence-corrected chi connectivity index (χ2v) is 5.41. The predicted octanol–water partition coefficient (Wildman–Crippen LogP) is 3.10. The Morgan fingerprint density at radius 2 is 1.83 bits per heavy atom. The summed E-state index contributed by atoms with van der Waals surface area (Å²) in [4.78, 5) is 20.4. The van der Waals surface area contributed by atoms with Crippen molar-refractivity contribution in [2.75, 3.05) is 35.6 Å². The molecule has 4 N–H and O–H groups in total. The van der Waals surface area contributed by atoms with E-state index in [1.165, 1.54) is 0 Å². The van der Waals surface area contributed by atoms with E-state index in [-0.39, 0.29) is 6.03 Å². The van der Waals surface area contributed by atoms with Gasteiger partial charge in [0.1, 0.15) is 17.5 Å². The van der Waals surface area contributed by atoms with Gasteiger partial charge in [-0.25, -0.2) is 14.8 Å². The monoisotopic (exact) mass is 348 g/mol. The van der Waals surface area contributed by atoms with Crippen LogP contribution in [0.25, 0.3) is 0 Å². The number of anilines is 3. The van der Waals surface area contributed by atoms with E-state index in [1.54, 1.807) is 18.2 Å². The zero-order valence-electron chi connectivity index (χ0n) is 13.7. The Hall–Kier alpha value is -2.54. The van der Waals surface area contributed by atoms with Crippen molar-refractivity contribution in [1.29, 1.82) is 0 Å². The molecule has 0 aliphatic heterocycles. The third-order valence-electron chi connectivity index (χ3n) is 3.03. The first kappa shape index (κ1) is 17.8. The third-order valence-corrected chi connectivity index (χ3v) is 3.36. The molecule has 0 aliphatic rings. The fourth-order valence-corrected chi connectivity index (χ4v) is 2.21. The normalized spacial score (nSPS) is 10.1. The number of hydrogen-bond acceptors (Lipinski definition) is 5. The predicted molar refractivity (Wildman–Crippen MR) is 97.9 cm³/mol. The summed E-state index contributed by atoms with van der Waals surface area (Å²) >= 11 is 5.99. The second kappa shape index (κ2) is 8.93. The van der Waals surface area contributed by atoms with Gasteiger partial charge in [0.15, 0.2) is 0 Å². The highest BCUT2D eigenvalue weighted by Crippen LogP contribution is 2.19. The Bertz CT molecular complexity index is 694. The molecular formula is C16H21ClN6O. The van der Waals surface area contributed by atoms with Crippen molar-refractivity contribution in [3.8, 4) is 0 Å². The number of nitrogens with one attached hydrogen (secondary N) is 4. The molecule has 7 nitrogen and oxygen atoms in total. The van der Waals surface area contributed by atoms with Gasteiger partial charge >= 0.3 is 6.03 Å². The van der Waals surface area contributed by atoms with Crippen LogP contribution in [0.1, 0.15) is 12.7 Å². The lowest BCUT2D eigenvalue weighted by Gasteiger charge is -2.11. The minimum absolute atomic E-state index is 0.308. The first-order valence-electron chi connectivity index (χ1n) is 7.71. The molecule has 0 radical (unpaired) electrons. The summed E-state index contributed by atoms with van der Waals surface area (Å²) < 4.78 is 0. The number of para-hydroxylation sites is 1. The molecule has 2 rings (SSSR count). The molecule has 0 spiro atoms. The lowest BCUT2D eigenvalue weighted by Crippen LogP contribution is -2.32. The number of aryl methyl sites for hydroxylation is 1. The van der Waals surface area contributed by atoms with Gasteiger partial charge in [-0.15, -0.1) is 0 Å². The standard InChI is InChI=1S/C16H21ClN6O/c1-3-18-14-10-15(22-11(2)21-14)19-8-9-20-16(24)23-13-7-5-4-6-12(13)17/h4-7,10H,3,8-9H2,1-2H3,(H2,20,23,24)(H2,18,19,21,22). The average molecular weight is 349 g/mol. The van der Waals surface area contributed by atoms with Crippen LogP contribution in [0.2, 0.25) is 5.02 Å². The third kappa shape index (κ3) is 5.58. The van der Waals surface area contributed by atoms with Crippen molar-refractivity contribution >= 4 is 35.0 Å². The molecule has 2 aromatic rings. The molecule has 8 heteroatoms. The molecule has 0 aliphatic carbocycles. The van der Waals surface area contributed by atoms with Gasteiger partial charge < -0.3 is 21.3 Å². The Balaban J connectivity index is 1.76. The molecule has 0 unspecified atom stereocenters. The lowest BCUT2D eigenvalue weighted by molar-refractivity contribution is 0.252. The topological polar surface area (TPSA) is 91.0 Å². The van der Waals surface area contributed by atoms with E-state index in [0.717, 1.165) is 12.4 Å². The van der Waals surface area contributed by atoms with E-state index in [2.05, 4.69) is 31.2 Å². The van der Waals surface area contributed by atoms with Gasteiger partial charge in [-0.1, -0.05) is 23.7 Å². The van der Waals surface area contributed by atoms with Crippen molar-refractivity contribution in [1.82, 2.24) is 15.3 Å². The molecule has 1 aromatic carbocycles. The summed E-state index contributed by atoms with van der Waals surface area (Å²) in [5.41, 5.74) is 0.575. The fraction of sp³-hybridized carbons (Fsp3) is 0.312. The molecule has 1 heterocycles. The van der Waals surface area contributed by atoms with Crippen LogP contribution in [-0.4, -0.2) is 35.6 Å². The van der Waals surface area contributed by atoms with Crippen LogP contribution in [0.5, 0.6) is 0 Å². The molecule has 1 aromatic heterocycles. The van der Waals surface area contributed by atoms with E-state index in [9.17, 15) is 4.79 Å². The van der Waals surface area contributed by atoms with Crippen LogP contribution in [-0.2, 0) is 0 Å². The number of benzene rings is 1. The summed E-state index contributed by atoms with van der Waals surface area (Å²) in [6.07, 6.45) is 0.